The summed E-state index contributed by atoms with van der Waals surface area (Å²) >= 11 is 1.60. The maximum Gasteiger partial charge on any atom is 0.337 e. The van der Waals surface area contributed by atoms with E-state index in [1.807, 2.05) is 6.92 Å². The molecule has 0 amide bonds. The van der Waals surface area contributed by atoms with Crippen LogP contribution in [0, 0.1) is 0 Å². The molecule has 0 bridgehead atoms. The number of anilines is 1. The molecule has 1 unspecified atom stereocenters. The average Bonchev–Trinajstić information content (AvgIpc) is 2.35. The van der Waals surface area contributed by atoms with Gasteiger partial charge in [-0.3, -0.25) is 0 Å². The number of nitrogens with one attached hydrogen (secondary N) is 1. The summed E-state index contributed by atoms with van der Waals surface area (Å²) in [4.78, 5) is 10.9. The highest BCUT2D eigenvalue weighted by atomic mass is 32.2. The van der Waals surface area contributed by atoms with Crippen LogP contribution in [-0.4, -0.2) is 37.0 Å². The van der Waals surface area contributed by atoms with Crippen LogP contribution in [0.1, 0.15) is 24.2 Å². The summed E-state index contributed by atoms with van der Waals surface area (Å²) in [7, 11) is -3.88. The fraction of sp³-hybridized carbons (Fsp3) is 0.417. The number of aromatic carboxylic acids is 1. The van der Waals surface area contributed by atoms with E-state index in [9.17, 15) is 13.2 Å². The normalized spacial score (nSPS) is 13.1. The summed E-state index contributed by atoms with van der Waals surface area (Å²) in [6.07, 6.45) is 0. The zero-order valence-corrected chi connectivity index (χ0v) is 12.9. The Labute approximate surface area is 122 Å². The molecule has 0 saturated carbocycles. The maximum atomic E-state index is 12.2. The quantitative estimate of drug-likeness (QED) is 0.655. The van der Waals surface area contributed by atoms with Crippen molar-refractivity contribution in [3.8, 4) is 0 Å². The first-order valence-corrected chi connectivity index (χ1v) is 8.64. The van der Waals surface area contributed by atoms with E-state index < -0.39 is 16.0 Å². The molecule has 0 radical (unpaired) electrons. The van der Waals surface area contributed by atoms with Crippen LogP contribution in [0.25, 0.3) is 0 Å². The van der Waals surface area contributed by atoms with E-state index in [2.05, 4.69) is 4.72 Å². The van der Waals surface area contributed by atoms with Gasteiger partial charge in [0.05, 0.1) is 10.5 Å². The first kappa shape index (κ1) is 16.8. The third kappa shape index (κ3) is 4.39. The lowest BCUT2D eigenvalue weighted by Crippen LogP contribution is -2.35. The van der Waals surface area contributed by atoms with Crippen LogP contribution in [0.3, 0.4) is 0 Å². The van der Waals surface area contributed by atoms with Crippen LogP contribution in [0.4, 0.5) is 5.69 Å². The molecule has 20 heavy (non-hydrogen) atoms. The third-order valence-electron chi connectivity index (χ3n) is 2.45. The zero-order valence-electron chi connectivity index (χ0n) is 11.3. The van der Waals surface area contributed by atoms with Crippen molar-refractivity contribution in [2.75, 3.05) is 17.2 Å². The first-order chi connectivity index (χ1) is 9.27. The maximum absolute atomic E-state index is 12.2. The minimum Gasteiger partial charge on any atom is -0.478 e. The molecule has 8 heteroatoms. The predicted octanol–water partition coefficient (Wildman–Crippen LogP) is 1.39. The molecule has 6 nitrogen and oxygen atoms in total. The number of carbonyl (C=O) groups is 1. The molecule has 0 saturated heterocycles. The van der Waals surface area contributed by atoms with Gasteiger partial charge in [-0.05, 0) is 30.9 Å². The predicted molar refractivity (Wildman–Crippen MR) is 80.6 cm³/mol. The second-order valence-electron chi connectivity index (χ2n) is 4.24. The molecule has 0 fully saturated rings. The Morgan fingerprint density at radius 1 is 1.50 bits per heavy atom. The Balaban J connectivity index is 3.06. The second-order valence-corrected chi connectivity index (χ2v) is 7.24. The number of benzene rings is 1. The van der Waals surface area contributed by atoms with Gasteiger partial charge >= 0.3 is 5.97 Å². The van der Waals surface area contributed by atoms with E-state index in [0.29, 0.717) is 5.75 Å². The second kappa shape index (κ2) is 6.96. The van der Waals surface area contributed by atoms with E-state index in [-0.39, 0.29) is 22.2 Å². The Morgan fingerprint density at radius 2 is 2.15 bits per heavy atom. The van der Waals surface area contributed by atoms with Crippen molar-refractivity contribution in [2.45, 2.75) is 24.8 Å². The van der Waals surface area contributed by atoms with Gasteiger partial charge in [-0.2, -0.15) is 11.8 Å². The Bertz CT molecular complexity index is 587. The molecule has 0 spiro atoms. The van der Waals surface area contributed by atoms with Crippen molar-refractivity contribution in [3.05, 3.63) is 23.8 Å². The SMILES string of the molecule is CCSCC(C)NS(=O)(=O)c1ccc(N)cc1C(=O)O. The fourth-order valence-electron chi connectivity index (χ4n) is 1.61. The molecular weight excluding hydrogens is 300 g/mol. The number of hydrogen-bond acceptors (Lipinski definition) is 5. The summed E-state index contributed by atoms with van der Waals surface area (Å²) < 4.78 is 26.9. The van der Waals surface area contributed by atoms with E-state index in [4.69, 9.17) is 10.8 Å². The van der Waals surface area contributed by atoms with Gasteiger partial charge in [0.2, 0.25) is 10.0 Å². The largest absolute Gasteiger partial charge is 0.478 e. The van der Waals surface area contributed by atoms with Gasteiger partial charge in [-0.25, -0.2) is 17.9 Å². The number of carboxylic acid groups (broad SMARTS) is 1. The first-order valence-electron chi connectivity index (χ1n) is 6.00. The van der Waals surface area contributed by atoms with Crippen LogP contribution >= 0.6 is 11.8 Å². The lowest BCUT2D eigenvalue weighted by atomic mass is 10.2. The van der Waals surface area contributed by atoms with E-state index >= 15 is 0 Å². The number of nitrogens with two attached hydrogens (primary N) is 1. The number of hydrogen-bond donors (Lipinski definition) is 3. The summed E-state index contributed by atoms with van der Waals surface area (Å²) in [5.74, 6) is 0.176. The monoisotopic (exact) mass is 318 g/mol. The minimum atomic E-state index is -3.88. The van der Waals surface area contributed by atoms with Crippen LogP contribution in [-0.2, 0) is 10.0 Å². The molecule has 1 rings (SSSR count). The van der Waals surface area contributed by atoms with Gasteiger partial charge in [0, 0.05) is 17.5 Å². The smallest absolute Gasteiger partial charge is 0.337 e. The lowest BCUT2D eigenvalue weighted by Gasteiger charge is -2.15. The molecule has 1 aromatic carbocycles. The van der Waals surface area contributed by atoms with Gasteiger partial charge in [0.25, 0.3) is 0 Å². The van der Waals surface area contributed by atoms with E-state index in [1.165, 1.54) is 12.1 Å². The number of nitrogen functional groups attached to an aromatic ring is 1. The Kier molecular flexibility index (Phi) is 5.85. The van der Waals surface area contributed by atoms with Gasteiger partial charge in [-0.15, -0.1) is 0 Å². The van der Waals surface area contributed by atoms with Crippen molar-refractivity contribution >= 4 is 33.4 Å². The van der Waals surface area contributed by atoms with Crippen LogP contribution < -0.4 is 10.5 Å². The van der Waals surface area contributed by atoms with E-state index in [0.717, 1.165) is 11.8 Å². The lowest BCUT2D eigenvalue weighted by molar-refractivity contribution is 0.0692. The molecule has 112 valence electrons. The molecular formula is C12H18N2O4S2. The van der Waals surface area contributed by atoms with Crippen molar-refractivity contribution < 1.29 is 18.3 Å². The van der Waals surface area contributed by atoms with Gasteiger partial charge in [0.15, 0.2) is 0 Å². The van der Waals surface area contributed by atoms with Crippen molar-refractivity contribution in [1.29, 1.82) is 0 Å². The van der Waals surface area contributed by atoms with Crippen molar-refractivity contribution in [3.63, 3.8) is 0 Å². The molecule has 0 heterocycles. The Morgan fingerprint density at radius 3 is 2.70 bits per heavy atom. The van der Waals surface area contributed by atoms with Crippen molar-refractivity contribution in [1.82, 2.24) is 4.72 Å². The van der Waals surface area contributed by atoms with Gasteiger partial charge in [-0.1, -0.05) is 6.92 Å². The summed E-state index contributed by atoms with van der Waals surface area (Å²) in [6.45, 7) is 3.71. The summed E-state index contributed by atoms with van der Waals surface area (Å²) in [6, 6.07) is 3.43. The molecule has 0 aliphatic heterocycles. The van der Waals surface area contributed by atoms with Gasteiger partial charge < -0.3 is 10.8 Å². The minimum absolute atomic E-state index is 0.205. The third-order valence-corrected chi connectivity index (χ3v) is 5.24. The van der Waals surface area contributed by atoms with Crippen LogP contribution in [0.2, 0.25) is 0 Å². The highest BCUT2D eigenvalue weighted by Crippen LogP contribution is 2.19. The molecule has 1 aromatic rings. The molecule has 0 aromatic heterocycles. The summed E-state index contributed by atoms with van der Waals surface area (Å²) in [5.41, 5.74) is 5.37. The fourth-order valence-corrected chi connectivity index (χ4v) is 3.81. The number of sulfonamides is 1. The van der Waals surface area contributed by atoms with Gasteiger partial charge in [0.1, 0.15) is 0 Å². The molecule has 4 N–H and O–H groups in total. The zero-order chi connectivity index (χ0) is 15.3. The van der Waals surface area contributed by atoms with Crippen LogP contribution in [0.5, 0.6) is 0 Å². The van der Waals surface area contributed by atoms with Crippen LogP contribution in [0.15, 0.2) is 23.1 Å². The standard InChI is InChI=1S/C12H18N2O4S2/c1-3-19-7-8(2)14-20(17,18)11-5-4-9(13)6-10(11)12(15)16/h4-6,8,14H,3,7,13H2,1-2H3,(H,15,16). The van der Waals surface area contributed by atoms with E-state index in [1.54, 1.807) is 18.7 Å². The highest BCUT2D eigenvalue weighted by molar-refractivity contribution is 7.99. The summed E-state index contributed by atoms with van der Waals surface area (Å²) in [5, 5.41) is 9.08. The highest BCUT2D eigenvalue weighted by Gasteiger charge is 2.24. The average molecular weight is 318 g/mol. The molecule has 1 atom stereocenters. The number of rotatable bonds is 7. The molecule has 0 aliphatic rings. The Hall–Kier alpha value is -1.25. The number of thioether (sulfide) groups is 1. The molecule has 0 aliphatic carbocycles. The topological polar surface area (TPSA) is 109 Å². The van der Waals surface area contributed by atoms with Crippen molar-refractivity contribution in [2.24, 2.45) is 0 Å². The number of carboxylic acids is 1.